The largest absolute Gasteiger partial charge is 0.478 e. The van der Waals surface area contributed by atoms with Crippen molar-refractivity contribution in [3.63, 3.8) is 0 Å². The first kappa shape index (κ1) is 108. The fourth-order valence-corrected chi connectivity index (χ4v) is 17.6. The molecule has 0 aromatic heterocycles. The highest BCUT2D eigenvalue weighted by Crippen LogP contribution is 2.45. The number of amidine groups is 3. The van der Waals surface area contributed by atoms with Crippen LogP contribution in [0.2, 0.25) is 6.32 Å². The van der Waals surface area contributed by atoms with Crippen LogP contribution in [0.3, 0.4) is 0 Å². The summed E-state index contributed by atoms with van der Waals surface area (Å²) in [5.74, 6) is 17.3. The zero-order valence-corrected chi connectivity index (χ0v) is 83.3. The number of fused-ring (bicyclic) bond motifs is 3. The van der Waals surface area contributed by atoms with Gasteiger partial charge in [-0.25, -0.2) is 51.0 Å². The molecule has 11 rings (SSSR count). The van der Waals surface area contributed by atoms with Gasteiger partial charge in [0.1, 0.15) is 34.3 Å². The van der Waals surface area contributed by atoms with Crippen LogP contribution >= 0.6 is 31.9 Å². The van der Waals surface area contributed by atoms with Crippen molar-refractivity contribution in [2.75, 3.05) is 85.2 Å². The molecule has 0 atom stereocenters. The summed E-state index contributed by atoms with van der Waals surface area (Å²) in [7, 11) is -7.16. The summed E-state index contributed by atoms with van der Waals surface area (Å²) < 4.78 is 77.8. The van der Waals surface area contributed by atoms with Gasteiger partial charge in [-0.2, -0.15) is 8.61 Å². The minimum absolute atomic E-state index is 0.0262. The Labute approximate surface area is 795 Å². The Bertz CT molecular complexity index is 5580. The lowest BCUT2D eigenvalue weighted by Crippen LogP contribution is -2.51. The highest BCUT2D eigenvalue weighted by molar-refractivity contribution is 9.10. The molecule has 712 valence electrons. The number of sulfonamides is 2. The fourth-order valence-electron chi connectivity index (χ4n) is 13.6. The van der Waals surface area contributed by atoms with Crippen molar-refractivity contribution < 1.29 is 79.8 Å². The molecule has 3 fully saturated rings. The summed E-state index contributed by atoms with van der Waals surface area (Å²) in [6.07, 6.45) is 11.2. The Hall–Kier alpha value is -10.6. The van der Waals surface area contributed by atoms with Crippen molar-refractivity contribution in [1.82, 2.24) is 34.4 Å². The molecular formula is C97H128BBr2N13O17S2. The van der Waals surface area contributed by atoms with Gasteiger partial charge >= 0.3 is 31.2 Å². The van der Waals surface area contributed by atoms with Crippen LogP contribution in [-0.4, -0.2) is 219 Å². The van der Waals surface area contributed by atoms with Gasteiger partial charge in [0, 0.05) is 132 Å². The number of carbonyl (C=O) groups is 6. The molecule has 30 nitrogen and oxygen atoms in total. The van der Waals surface area contributed by atoms with E-state index >= 15 is 0 Å². The number of alkyl carbamates (subject to hydrolysis) is 3. The van der Waals surface area contributed by atoms with Crippen molar-refractivity contribution in [3.8, 4) is 46.6 Å². The van der Waals surface area contributed by atoms with E-state index in [2.05, 4.69) is 133 Å². The zero-order chi connectivity index (χ0) is 97.7. The summed E-state index contributed by atoms with van der Waals surface area (Å²) in [5, 5.41) is 35.1. The number of ether oxygens (including phenoxy) is 3. The molecule has 12 N–H and O–H groups in total. The third-order valence-corrected chi connectivity index (χ3v) is 25.7. The third-order valence-electron chi connectivity index (χ3n) is 21.1. The maximum Gasteiger partial charge on any atom is 0.408 e. The second-order valence-electron chi connectivity index (χ2n) is 36.4. The average molecular weight is 1980 g/mol. The number of aliphatic carboxylic acids is 1. The molecule has 132 heavy (non-hydrogen) atoms. The van der Waals surface area contributed by atoms with Crippen molar-refractivity contribution >= 4 is 153 Å². The highest BCUT2D eigenvalue weighted by atomic mass is 79.9. The number of halogens is 2. The molecule has 35 heteroatoms. The second-order valence-corrected chi connectivity index (χ2v) is 42.1. The Morgan fingerprint density at radius 2 is 0.909 bits per heavy atom. The predicted octanol–water partition coefficient (Wildman–Crippen LogP) is 14.2. The number of nitrogens with two attached hydrogens (primary N) is 3. The lowest BCUT2D eigenvalue weighted by molar-refractivity contribution is -0.132. The summed E-state index contributed by atoms with van der Waals surface area (Å²) in [6, 6.07) is 30.5. The van der Waals surface area contributed by atoms with Crippen molar-refractivity contribution in [2.45, 2.75) is 207 Å². The fraction of sp³-hybridized carbons (Fsp3) is 0.474. The van der Waals surface area contributed by atoms with E-state index in [1.807, 2.05) is 107 Å². The maximum absolute atomic E-state index is 13.6. The molecule has 0 aliphatic carbocycles. The molecule has 5 aromatic rings. The number of nitrogens with one attached hydrogen (secondary N) is 3. The number of carbonyl (C=O) groups excluding carboxylic acids is 5. The molecule has 0 bridgehead atoms. The Morgan fingerprint density at radius 1 is 0.523 bits per heavy atom. The van der Waals surface area contributed by atoms with E-state index < -0.39 is 61.1 Å². The van der Waals surface area contributed by atoms with Crippen LogP contribution in [0.4, 0.5) is 31.4 Å². The number of carboxylic acids is 1. The summed E-state index contributed by atoms with van der Waals surface area (Å²) in [6.45, 7) is 34.3. The number of hydrogen-bond acceptors (Lipinski definition) is 22. The van der Waals surface area contributed by atoms with Crippen LogP contribution in [0.5, 0.6) is 0 Å². The van der Waals surface area contributed by atoms with Crippen molar-refractivity contribution in [2.24, 2.45) is 49.4 Å². The van der Waals surface area contributed by atoms with Crippen LogP contribution in [-0.2, 0) is 53.3 Å². The zero-order valence-electron chi connectivity index (χ0n) is 78.5. The molecule has 6 aliphatic heterocycles. The first-order chi connectivity index (χ1) is 62.0. The van der Waals surface area contributed by atoms with Gasteiger partial charge in [-0.3, -0.25) is 9.59 Å². The van der Waals surface area contributed by atoms with Gasteiger partial charge in [0.15, 0.2) is 0 Å². The number of aliphatic hydroxyl groups excluding tert-OH is 2. The SMILES string of the molecule is CC1(C)CB(c2cccc(S(=O)(=O)N3CC(CO)C3)c2)OC1(C)C.CCCCCC#CCNC(=O)OC(C)(C)C.CCCN(CC#CCNC(=O)OC(C)(C)C)C(=O)C1=Cc2ccc(-c3cccc(S(=O)(=O)N4CC(CO)C4)c3)cc2N=C(N)C1.CCCN(CC#CCNC(=O)OC(C)(C)C)C(=O)C1=Cc2ccc(Br)cc2N=C(N)C1.NC1=Nc2cc(Br)ccc2C=C(C(=O)O)C1. The van der Waals surface area contributed by atoms with E-state index in [-0.39, 0.29) is 117 Å². The number of amides is 5. The van der Waals surface area contributed by atoms with Gasteiger partial charge < -0.3 is 77.1 Å². The maximum atomic E-state index is 13.6. The van der Waals surface area contributed by atoms with Crippen LogP contribution in [0.15, 0.2) is 154 Å². The average Bonchev–Trinajstić information content (AvgIpc) is 1.47. The van der Waals surface area contributed by atoms with Gasteiger partial charge in [-0.1, -0.05) is 157 Å². The van der Waals surface area contributed by atoms with Gasteiger partial charge in [-0.15, -0.1) is 5.92 Å². The molecule has 0 saturated carbocycles. The van der Waals surface area contributed by atoms with Crippen molar-refractivity contribution in [3.05, 3.63) is 145 Å². The number of aliphatic hydroxyl groups is 2. The number of benzene rings is 5. The number of hydrogen-bond donors (Lipinski definition) is 9. The number of nitrogens with zero attached hydrogens (tertiary/aromatic N) is 7. The van der Waals surface area contributed by atoms with Gasteiger partial charge in [-0.05, 0) is 197 Å². The molecule has 0 unspecified atom stereocenters. The Morgan fingerprint density at radius 3 is 1.30 bits per heavy atom. The van der Waals surface area contributed by atoms with E-state index in [1.54, 1.807) is 99.9 Å². The first-order valence-corrected chi connectivity index (χ1v) is 48.5. The number of carboxylic acid groups (broad SMARTS) is 1. The first-order valence-electron chi connectivity index (χ1n) is 44.0. The molecule has 6 heterocycles. The topological polar surface area (TPSA) is 432 Å². The molecule has 5 amide bonds. The molecular weight excluding hydrogens is 1850 g/mol. The van der Waals surface area contributed by atoms with Crippen LogP contribution in [0, 0.1) is 52.8 Å². The summed E-state index contributed by atoms with van der Waals surface area (Å²) in [4.78, 5) is 89.4. The Kier molecular flexibility index (Phi) is 40.5. The Balaban J connectivity index is 0.000000239. The number of unbranched alkanes of at least 4 members (excludes halogenated alkanes) is 3. The lowest BCUT2D eigenvalue weighted by Gasteiger charge is -2.37. The van der Waals surface area contributed by atoms with E-state index in [1.165, 1.54) is 21.5 Å². The normalized spacial score (nSPS) is 15.7. The van der Waals surface area contributed by atoms with E-state index in [0.29, 0.717) is 96.0 Å². The molecule has 0 spiro atoms. The van der Waals surface area contributed by atoms with Crippen LogP contribution < -0.4 is 38.6 Å². The third kappa shape index (κ3) is 34.1. The van der Waals surface area contributed by atoms with Gasteiger partial charge in [0.05, 0.1) is 65.2 Å². The van der Waals surface area contributed by atoms with E-state index in [0.717, 1.165) is 68.8 Å². The van der Waals surface area contributed by atoms with Crippen molar-refractivity contribution in [1.29, 1.82) is 0 Å². The standard InChI is InChI=1S/C33H41N5O6S.C23H29BrN4O3.C17H26BNO4S.C13H23NO2.C11H9BrN2O2/c1-5-14-37(15-7-6-13-35-32(41)44-33(2,3)4)31(40)27-16-26-12-11-25(18-29(26)36-30(34)19-27)24-9-8-10-28(17-24)45(42,43)38-20-23(21-38)22-39;1-5-11-28(12-7-6-10-26-22(30)31-23(2,3)4)21(29)17-13-16-8-9-18(24)15-19(16)27-20(25)14-17;1-16(2)12-18(23-17(16,3)4)14-6-5-7-15(8-14)24(21,22)19-9-13(10-19)11-20;1-5-6-7-8-9-10-11-14-12(15)16-13(2,3)4;12-8-2-1-6-3-7(11(15)16)4-10(13)14-9(6)5-8/h8-12,16-18,23,39H,5,13-15,19-22H2,1-4H3,(H2,34,36)(H,35,41);8-9,13,15H,5,10-12,14H2,1-4H3,(H2,25,27)(H,26,30);5-8,13,20H,9-12H2,1-4H3;5-8,11H2,1-4H3,(H,14,15);1-3,5H,4H2,(H2,13,14)(H,15,16). The minimum Gasteiger partial charge on any atom is -0.478 e. The van der Waals surface area contributed by atoms with Crippen LogP contribution in [0.1, 0.15) is 185 Å². The predicted molar refractivity (Wildman–Crippen MR) is 528 cm³/mol. The highest BCUT2D eigenvalue weighted by Gasteiger charge is 2.50. The summed E-state index contributed by atoms with van der Waals surface area (Å²) in [5.41, 5.74) is 24.1. The number of aliphatic imine (C=N–C) groups is 3. The molecule has 5 aromatic carbocycles. The van der Waals surface area contributed by atoms with Gasteiger partial charge in [0.25, 0.3) is 11.8 Å². The summed E-state index contributed by atoms with van der Waals surface area (Å²) >= 11 is 6.77. The van der Waals surface area contributed by atoms with Gasteiger partial charge in [0.2, 0.25) is 20.0 Å². The quantitative estimate of drug-likeness (QED) is 0.0127. The molecule has 0 radical (unpaired) electrons. The second kappa shape index (κ2) is 49.4. The molecule has 6 aliphatic rings. The molecule has 3 saturated heterocycles. The van der Waals surface area contributed by atoms with E-state index in [9.17, 15) is 50.7 Å². The lowest BCUT2D eigenvalue weighted by atomic mass is 9.54. The smallest absolute Gasteiger partial charge is 0.408 e. The van der Waals surface area contributed by atoms with Crippen LogP contribution in [0.25, 0.3) is 29.4 Å². The van der Waals surface area contributed by atoms with E-state index in [4.69, 9.17) is 46.3 Å². The number of rotatable bonds is 23. The monoisotopic (exact) mass is 1980 g/mol. The minimum atomic E-state index is -3.67.